The van der Waals surface area contributed by atoms with Crippen LogP contribution in [0.4, 0.5) is 16.5 Å². The van der Waals surface area contributed by atoms with E-state index in [4.69, 9.17) is 9.15 Å². The average molecular weight is 458 g/mol. The van der Waals surface area contributed by atoms with Gasteiger partial charge in [-0.3, -0.25) is 4.90 Å². The summed E-state index contributed by atoms with van der Waals surface area (Å²) in [6.45, 7) is 12.0. The van der Waals surface area contributed by atoms with Crippen LogP contribution < -0.4 is 10.6 Å². The van der Waals surface area contributed by atoms with Crippen LogP contribution in [-0.4, -0.2) is 63.7 Å². The topological polar surface area (TPSA) is 113 Å². The summed E-state index contributed by atoms with van der Waals surface area (Å²) in [6, 6.07) is 4.57. The van der Waals surface area contributed by atoms with E-state index >= 15 is 0 Å². The van der Waals surface area contributed by atoms with Crippen LogP contribution in [0.3, 0.4) is 0 Å². The molecule has 4 rings (SSSR count). The number of hydrogen-bond donors (Lipinski definition) is 3. The smallest absolute Gasteiger partial charge is 0.410 e. The molecule has 2 aliphatic rings. The third-order valence-corrected chi connectivity index (χ3v) is 6.60. The van der Waals surface area contributed by atoms with Crippen LogP contribution in [0.5, 0.6) is 0 Å². The molecule has 9 nitrogen and oxygen atoms in total. The number of aliphatic hydroxyl groups is 1. The monoisotopic (exact) mass is 457 g/mol. The van der Waals surface area contributed by atoms with Gasteiger partial charge in [-0.05, 0) is 76.6 Å². The van der Waals surface area contributed by atoms with Crippen molar-refractivity contribution in [3.8, 4) is 0 Å². The van der Waals surface area contributed by atoms with Gasteiger partial charge in [-0.15, -0.1) is 5.10 Å². The maximum atomic E-state index is 12.8. The van der Waals surface area contributed by atoms with Crippen molar-refractivity contribution in [1.82, 2.24) is 20.4 Å². The molecule has 2 fully saturated rings. The van der Waals surface area contributed by atoms with E-state index in [1.807, 2.05) is 18.7 Å². The number of nitrogens with one attached hydrogen (secondary N) is 2. The van der Waals surface area contributed by atoms with Crippen LogP contribution in [0.1, 0.15) is 62.1 Å². The maximum Gasteiger partial charge on any atom is 0.410 e. The van der Waals surface area contributed by atoms with Gasteiger partial charge < -0.3 is 24.9 Å². The van der Waals surface area contributed by atoms with Crippen molar-refractivity contribution < 1.29 is 19.1 Å². The Hall–Kier alpha value is -2.65. The van der Waals surface area contributed by atoms with Gasteiger partial charge in [0.15, 0.2) is 0 Å². The van der Waals surface area contributed by atoms with Gasteiger partial charge in [0.1, 0.15) is 0 Å². The first-order valence-corrected chi connectivity index (χ1v) is 11.7. The summed E-state index contributed by atoms with van der Waals surface area (Å²) in [7, 11) is 0. The first-order chi connectivity index (χ1) is 15.6. The molecule has 1 saturated carbocycles. The van der Waals surface area contributed by atoms with Gasteiger partial charge in [-0.2, -0.15) is 0 Å². The van der Waals surface area contributed by atoms with Crippen LogP contribution in [-0.2, 0) is 11.2 Å². The molecule has 33 heavy (non-hydrogen) atoms. The van der Waals surface area contributed by atoms with Crippen molar-refractivity contribution >= 4 is 17.8 Å². The van der Waals surface area contributed by atoms with E-state index < -0.39 is 5.54 Å². The highest BCUT2D eigenvalue weighted by molar-refractivity contribution is 5.69. The Morgan fingerprint density at radius 2 is 2.12 bits per heavy atom. The molecule has 1 aromatic heterocycles. The second-order valence-electron chi connectivity index (χ2n) is 9.92. The molecule has 9 heteroatoms. The van der Waals surface area contributed by atoms with Gasteiger partial charge in [0, 0.05) is 31.2 Å². The second kappa shape index (κ2) is 9.30. The fourth-order valence-corrected chi connectivity index (χ4v) is 4.66. The first-order valence-electron chi connectivity index (χ1n) is 11.7. The van der Waals surface area contributed by atoms with E-state index in [-0.39, 0.29) is 24.2 Å². The summed E-state index contributed by atoms with van der Waals surface area (Å²) in [4.78, 5) is 14.7. The molecule has 0 unspecified atom stereocenters. The Balaban J connectivity index is 1.54. The Labute approximate surface area is 194 Å². The van der Waals surface area contributed by atoms with E-state index in [1.54, 1.807) is 0 Å². The molecule has 0 spiro atoms. The molecule has 2 heterocycles. The van der Waals surface area contributed by atoms with Crippen molar-refractivity contribution in [3.63, 3.8) is 0 Å². The third kappa shape index (κ3) is 5.14. The molecular weight excluding hydrogens is 422 g/mol. The van der Waals surface area contributed by atoms with Gasteiger partial charge in [0.05, 0.1) is 17.7 Å². The lowest BCUT2D eigenvalue weighted by molar-refractivity contribution is 0.0272. The number of aryl methyl sites for hydroxylation is 1. The van der Waals surface area contributed by atoms with E-state index in [9.17, 15) is 9.90 Å². The number of ether oxygens (including phenoxy) is 1. The number of nitrogens with zero attached hydrogens (tertiary/aromatic N) is 3. The molecule has 1 amide bonds. The van der Waals surface area contributed by atoms with Crippen LogP contribution in [0.2, 0.25) is 0 Å². The van der Waals surface area contributed by atoms with E-state index in [0.29, 0.717) is 44.3 Å². The molecule has 0 radical (unpaired) electrons. The Morgan fingerprint density at radius 1 is 1.36 bits per heavy atom. The minimum absolute atomic E-state index is 0.132. The number of anilines is 2. The van der Waals surface area contributed by atoms with E-state index in [0.717, 1.165) is 28.9 Å². The summed E-state index contributed by atoms with van der Waals surface area (Å²) < 4.78 is 11.3. The zero-order valence-corrected chi connectivity index (χ0v) is 20.1. The summed E-state index contributed by atoms with van der Waals surface area (Å²) >= 11 is 0. The minimum Gasteiger partial charge on any atom is -0.447 e. The van der Waals surface area contributed by atoms with Gasteiger partial charge >= 0.3 is 12.1 Å². The fraction of sp³-hybridized carbons (Fsp3) is 0.625. The molecule has 0 bridgehead atoms. The Morgan fingerprint density at radius 3 is 2.82 bits per heavy atom. The minimum atomic E-state index is -0.414. The highest BCUT2D eigenvalue weighted by atomic mass is 16.6. The molecule has 1 saturated heterocycles. The van der Waals surface area contributed by atoms with Crippen molar-refractivity contribution in [1.29, 1.82) is 0 Å². The molecule has 180 valence electrons. The van der Waals surface area contributed by atoms with Crippen molar-refractivity contribution in [2.45, 2.75) is 77.5 Å². The molecule has 1 aromatic carbocycles. The van der Waals surface area contributed by atoms with Crippen molar-refractivity contribution in [2.75, 3.05) is 25.0 Å². The number of carbonyl (C=O) groups is 1. The largest absolute Gasteiger partial charge is 0.447 e. The summed E-state index contributed by atoms with van der Waals surface area (Å²) in [5.74, 6) is 0.695. The fourth-order valence-electron chi connectivity index (χ4n) is 4.66. The molecule has 1 atom stereocenters. The lowest BCUT2D eigenvalue weighted by atomic mass is 9.82. The molecule has 2 aromatic rings. The number of aliphatic hydroxyl groups excluding tert-OH is 1. The quantitative estimate of drug-likeness (QED) is 0.605. The third-order valence-electron chi connectivity index (χ3n) is 6.60. The SMILES string of the molecule is Cc1cc(C[C@@]2(C)CNCCN2C(=O)OC(C)C)c(C)c(Nc2nnc(C3CC(O)C3)o2)c1. The number of amides is 1. The predicted molar refractivity (Wildman–Crippen MR) is 125 cm³/mol. The van der Waals surface area contributed by atoms with E-state index in [1.165, 1.54) is 0 Å². The second-order valence-corrected chi connectivity index (χ2v) is 9.92. The normalized spacial score (nSPS) is 25.1. The van der Waals surface area contributed by atoms with Crippen LogP contribution in [0.15, 0.2) is 16.5 Å². The number of piperazine rings is 1. The van der Waals surface area contributed by atoms with Crippen molar-refractivity contribution in [3.05, 3.63) is 34.7 Å². The zero-order valence-electron chi connectivity index (χ0n) is 20.1. The number of hydrogen-bond acceptors (Lipinski definition) is 8. The maximum absolute atomic E-state index is 12.8. The lowest BCUT2D eigenvalue weighted by Crippen LogP contribution is -2.62. The summed E-state index contributed by atoms with van der Waals surface area (Å²) in [6.07, 6.45) is 1.32. The highest BCUT2D eigenvalue weighted by Gasteiger charge is 2.39. The van der Waals surface area contributed by atoms with Crippen LogP contribution in [0, 0.1) is 13.8 Å². The standard InChI is InChI=1S/C24H35N5O4/c1-14(2)32-23(31)29-7-6-25-13-24(29,5)12-18-8-15(3)9-20(16(18)4)26-22-28-27-21(33-22)17-10-19(30)11-17/h8-9,14,17,19,25,30H,6-7,10-13H2,1-5H3,(H,26,28)/t17?,19?,24-/m0/s1. The van der Waals surface area contributed by atoms with Gasteiger partial charge in [0.25, 0.3) is 0 Å². The van der Waals surface area contributed by atoms with Gasteiger partial charge in [-0.1, -0.05) is 11.2 Å². The molecular formula is C24H35N5O4. The summed E-state index contributed by atoms with van der Waals surface area (Å²) in [5, 5.41) is 24.5. The molecule has 3 N–H and O–H groups in total. The molecule has 1 aliphatic carbocycles. The number of carbonyl (C=O) groups excluding carboxylic acids is 1. The average Bonchev–Trinajstić information content (AvgIpc) is 3.16. The lowest BCUT2D eigenvalue weighted by Gasteiger charge is -2.45. The zero-order chi connectivity index (χ0) is 23.8. The van der Waals surface area contributed by atoms with Crippen molar-refractivity contribution in [2.24, 2.45) is 0 Å². The Bertz CT molecular complexity index is 1000. The Kier molecular flexibility index (Phi) is 6.63. The molecule has 1 aliphatic heterocycles. The van der Waals surface area contributed by atoms with Gasteiger partial charge in [0.2, 0.25) is 5.89 Å². The predicted octanol–water partition coefficient (Wildman–Crippen LogP) is 3.42. The number of rotatable bonds is 6. The first kappa shape index (κ1) is 23.5. The van der Waals surface area contributed by atoms with Crippen LogP contribution in [0.25, 0.3) is 0 Å². The number of benzene rings is 1. The number of aromatic nitrogens is 2. The highest BCUT2D eigenvalue weighted by Crippen LogP contribution is 2.37. The van der Waals surface area contributed by atoms with Crippen LogP contribution >= 0.6 is 0 Å². The van der Waals surface area contributed by atoms with E-state index in [2.05, 4.69) is 53.7 Å². The summed E-state index contributed by atoms with van der Waals surface area (Å²) in [5.41, 5.74) is 3.81. The van der Waals surface area contributed by atoms with Gasteiger partial charge in [-0.25, -0.2) is 4.79 Å².